The number of piperazine rings is 1. The summed E-state index contributed by atoms with van der Waals surface area (Å²) in [6.07, 6.45) is 0. The standard InChI is InChI=1S/C25H26N2O6S/c1-31-23-13-12-20(18-24(23)32-2)34(29,30)27-16-14-26(15-17-27)25(28)21-10-6-7-11-22(21)33-19-8-4-3-5-9-19/h3-13,18H,14-17H2,1-2H3. The summed E-state index contributed by atoms with van der Waals surface area (Å²) in [7, 11) is -0.799. The van der Waals surface area contributed by atoms with Crippen LogP contribution in [0.3, 0.4) is 0 Å². The van der Waals surface area contributed by atoms with E-state index in [1.165, 1.54) is 30.7 Å². The highest BCUT2D eigenvalue weighted by molar-refractivity contribution is 7.89. The second-order valence-electron chi connectivity index (χ2n) is 7.62. The van der Waals surface area contributed by atoms with Crippen molar-refractivity contribution in [3.05, 3.63) is 78.4 Å². The zero-order chi connectivity index (χ0) is 24.1. The molecule has 9 heteroatoms. The van der Waals surface area contributed by atoms with Gasteiger partial charge in [-0.2, -0.15) is 4.31 Å². The van der Waals surface area contributed by atoms with E-state index in [4.69, 9.17) is 14.2 Å². The predicted molar refractivity (Wildman–Crippen MR) is 127 cm³/mol. The van der Waals surface area contributed by atoms with E-state index in [0.29, 0.717) is 28.6 Å². The molecule has 1 aliphatic heterocycles. The zero-order valence-corrected chi connectivity index (χ0v) is 19.8. The van der Waals surface area contributed by atoms with Crippen molar-refractivity contribution in [1.29, 1.82) is 0 Å². The molecule has 0 spiro atoms. The number of hydrogen-bond donors (Lipinski definition) is 0. The number of carbonyl (C=O) groups excluding carboxylic acids is 1. The Hall–Kier alpha value is -3.56. The highest BCUT2D eigenvalue weighted by atomic mass is 32.2. The first-order chi connectivity index (χ1) is 16.4. The fourth-order valence-electron chi connectivity index (χ4n) is 3.78. The second kappa shape index (κ2) is 10.1. The molecule has 1 amide bonds. The first kappa shape index (κ1) is 23.6. The summed E-state index contributed by atoms with van der Waals surface area (Å²) in [6, 6.07) is 20.8. The van der Waals surface area contributed by atoms with Gasteiger partial charge in [0.05, 0.1) is 24.7 Å². The van der Waals surface area contributed by atoms with Crippen LogP contribution in [0.15, 0.2) is 77.7 Å². The van der Waals surface area contributed by atoms with Crippen LogP contribution in [0, 0.1) is 0 Å². The number of hydrogen-bond acceptors (Lipinski definition) is 6. The van der Waals surface area contributed by atoms with E-state index in [1.54, 1.807) is 29.2 Å². The van der Waals surface area contributed by atoms with Crippen LogP contribution in [0.1, 0.15) is 10.4 Å². The molecule has 0 radical (unpaired) electrons. The van der Waals surface area contributed by atoms with Crippen molar-refractivity contribution in [2.24, 2.45) is 0 Å². The van der Waals surface area contributed by atoms with E-state index in [1.807, 2.05) is 36.4 Å². The Kier molecular flexibility index (Phi) is 7.04. The quantitative estimate of drug-likeness (QED) is 0.511. The zero-order valence-electron chi connectivity index (χ0n) is 19.0. The monoisotopic (exact) mass is 482 g/mol. The molecule has 3 aromatic carbocycles. The van der Waals surface area contributed by atoms with Gasteiger partial charge in [-0.15, -0.1) is 0 Å². The van der Waals surface area contributed by atoms with Crippen molar-refractivity contribution < 1.29 is 27.4 Å². The minimum atomic E-state index is -3.75. The molecular weight excluding hydrogens is 456 g/mol. The van der Waals surface area contributed by atoms with Gasteiger partial charge in [0, 0.05) is 32.2 Å². The maximum absolute atomic E-state index is 13.2. The lowest BCUT2D eigenvalue weighted by atomic mass is 10.1. The molecule has 1 aliphatic rings. The molecular formula is C25H26N2O6S. The lowest BCUT2D eigenvalue weighted by molar-refractivity contribution is 0.0695. The highest BCUT2D eigenvalue weighted by Crippen LogP contribution is 2.31. The smallest absolute Gasteiger partial charge is 0.257 e. The van der Waals surface area contributed by atoms with Gasteiger partial charge in [0.2, 0.25) is 10.0 Å². The van der Waals surface area contributed by atoms with Gasteiger partial charge in [0.1, 0.15) is 11.5 Å². The molecule has 8 nitrogen and oxygen atoms in total. The molecule has 0 aliphatic carbocycles. The van der Waals surface area contributed by atoms with E-state index >= 15 is 0 Å². The second-order valence-corrected chi connectivity index (χ2v) is 9.56. The van der Waals surface area contributed by atoms with E-state index in [0.717, 1.165) is 0 Å². The van der Waals surface area contributed by atoms with E-state index < -0.39 is 10.0 Å². The number of carbonyl (C=O) groups is 1. The summed E-state index contributed by atoms with van der Waals surface area (Å²) in [5.74, 6) is 1.68. The SMILES string of the molecule is COc1ccc(S(=O)(=O)N2CCN(C(=O)c3ccccc3Oc3ccccc3)CC2)cc1OC. The van der Waals surface area contributed by atoms with Gasteiger partial charge in [-0.25, -0.2) is 8.42 Å². The Morgan fingerprint density at radius 2 is 1.41 bits per heavy atom. The molecule has 0 N–H and O–H groups in total. The average molecular weight is 483 g/mol. The number of rotatable bonds is 7. The number of sulfonamides is 1. The van der Waals surface area contributed by atoms with Crippen LogP contribution in [0.2, 0.25) is 0 Å². The molecule has 0 bridgehead atoms. The first-order valence-electron chi connectivity index (χ1n) is 10.8. The maximum atomic E-state index is 13.2. The first-order valence-corrected chi connectivity index (χ1v) is 12.2. The molecule has 1 heterocycles. The van der Waals surface area contributed by atoms with Crippen LogP contribution in [0.5, 0.6) is 23.0 Å². The molecule has 0 atom stereocenters. The van der Waals surface area contributed by atoms with Crippen molar-refractivity contribution >= 4 is 15.9 Å². The number of ether oxygens (including phenoxy) is 3. The normalized spacial score (nSPS) is 14.5. The summed E-state index contributed by atoms with van der Waals surface area (Å²) in [5.41, 5.74) is 0.433. The molecule has 0 unspecified atom stereocenters. The van der Waals surface area contributed by atoms with Crippen LogP contribution in [0.25, 0.3) is 0 Å². The fraction of sp³-hybridized carbons (Fsp3) is 0.240. The van der Waals surface area contributed by atoms with Crippen LogP contribution < -0.4 is 14.2 Å². The number of para-hydroxylation sites is 2. The van der Waals surface area contributed by atoms with Crippen molar-refractivity contribution in [1.82, 2.24) is 9.21 Å². The number of amides is 1. The molecule has 1 fully saturated rings. The van der Waals surface area contributed by atoms with Gasteiger partial charge < -0.3 is 19.1 Å². The summed E-state index contributed by atoms with van der Waals surface area (Å²) in [6.45, 7) is 0.907. The molecule has 1 saturated heterocycles. The lowest BCUT2D eigenvalue weighted by Crippen LogP contribution is -2.50. The fourth-order valence-corrected chi connectivity index (χ4v) is 5.21. The lowest BCUT2D eigenvalue weighted by Gasteiger charge is -2.34. The molecule has 4 rings (SSSR count). The van der Waals surface area contributed by atoms with Crippen LogP contribution in [0.4, 0.5) is 0 Å². The summed E-state index contributed by atoms with van der Waals surface area (Å²) < 4.78 is 44.1. The topological polar surface area (TPSA) is 85.4 Å². The van der Waals surface area contributed by atoms with E-state index in [2.05, 4.69) is 0 Å². The molecule has 0 saturated carbocycles. The summed E-state index contributed by atoms with van der Waals surface area (Å²) >= 11 is 0. The molecule has 0 aromatic heterocycles. The minimum absolute atomic E-state index is 0.117. The number of benzene rings is 3. The van der Waals surface area contributed by atoms with Gasteiger partial charge >= 0.3 is 0 Å². The third kappa shape index (κ3) is 4.85. The van der Waals surface area contributed by atoms with Crippen molar-refractivity contribution in [3.63, 3.8) is 0 Å². The van der Waals surface area contributed by atoms with Gasteiger partial charge in [0.15, 0.2) is 11.5 Å². The van der Waals surface area contributed by atoms with Crippen LogP contribution >= 0.6 is 0 Å². The number of nitrogens with zero attached hydrogens (tertiary/aromatic N) is 2. The van der Waals surface area contributed by atoms with Crippen molar-refractivity contribution in [2.45, 2.75) is 4.90 Å². The Bertz CT molecular complexity index is 1260. The third-order valence-corrected chi connectivity index (χ3v) is 7.50. The molecule has 178 valence electrons. The Morgan fingerprint density at radius 1 is 0.765 bits per heavy atom. The van der Waals surface area contributed by atoms with Gasteiger partial charge in [0.25, 0.3) is 5.91 Å². The predicted octanol–water partition coefficient (Wildman–Crippen LogP) is 3.64. The van der Waals surface area contributed by atoms with Gasteiger partial charge in [-0.3, -0.25) is 4.79 Å². The third-order valence-electron chi connectivity index (χ3n) is 5.61. The van der Waals surface area contributed by atoms with E-state index in [-0.39, 0.29) is 37.0 Å². The minimum Gasteiger partial charge on any atom is -0.493 e. The van der Waals surface area contributed by atoms with Crippen LogP contribution in [-0.2, 0) is 10.0 Å². The Morgan fingerprint density at radius 3 is 2.09 bits per heavy atom. The molecule has 3 aromatic rings. The van der Waals surface area contributed by atoms with Crippen LogP contribution in [-0.4, -0.2) is 63.9 Å². The van der Waals surface area contributed by atoms with E-state index in [9.17, 15) is 13.2 Å². The largest absolute Gasteiger partial charge is 0.493 e. The Balaban J connectivity index is 1.47. The summed E-state index contributed by atoms with van der Waals surface area (Å²) in [5, 5.41) is 0. The highest BCUT2D eigenvalue weighted by Gasteiger charge is 2.31. The van der Waals surface area contributed by atoms with Gasteiger partial charge in [-0.1, -0.05) is 30.3 Å². The van der Waals surface area contributed by atoms with Crippen molar-refractivity contribution in [2.75, 3.05) is 40.4 Å². The Labute approximate surface area is 199 Å². The number of methoxy groups -OCH3 is 2. The molecule has 34 heavy (non-hydrogen) atoms. The van der Waals surface area contributed by atoms with Crippen molar-refractivity contribution in [3.8, 4) is 23.0 Å². The maximum Gasteiger partial charge on any atom is 0.257 e. The van der Waals surface area contributed by atoms with Gasteiger partial charge in [-0.05, 0) is 36.4 Å². The average Bonchev–Trinajstić information content (AvgIpc) is 2.89. The summed E-state index contributed by atoms with van der Waals surface area (Å²) in [4.78, 5) is 15.0.